The predicted octanol–water partition coefficient (Wildman–Crippen LogP) is 0.987. The first kappa shape index (κ1) is 8.40. The van der Waals surface area contributed by atoms with E-state index in [1.807, 2.05) is 24.3 Å². The summed E-state index contributed by atoms with van der Waals surface area (Å²) in [7, 11) is 0. The molecule has 5 nitrogen and oxygen atoms in total. The zero-order valence-electron chi connectivity index (χ0n) is 8.13. The van der Waals surface area contributed by atoms with Gasteiger partial charge in [-0.1, -0.05) is 12.1 Å². The number of fused-ring (bicyclic) bond motifs is 3. The van der Waals surface area contributed by atoms with Gasteiger partial charge < -0.3 is 4.74 Å². The molecule has 2 heterocycles. The number of aryl methyl sites for hydroxylation is 1. The first-order chi connectivity index (χ1) is 7.45. The van der Waals surface area contributed by atoms with Crippen molar-refractivity contribution in [1.29, 1.82) is 0 Å². The van der Waals surface area contributed by atoms with E-state index in [1.165, 1.54) is 0 Å². The molecule has 0 amide bonds. The molecule has 0 aliphatic carbocycles. The van der Waals surface area contributed by atoms with Crippen LogP contribution in [0, 0.1) is 0 Å². The Hall–Kier alpha value is -1.91. The van der Waals surface area contributed by atoms with Crippen LogP contribution in [-0.2, 0) is 6.42 Å². The van der Waals surface area contributed by atoms with Crippen molar-refractivity contribution in [2.24, 2.45) is 0 Å². The Kier molecular flexibility index (Phi) is 1.87. The summed E-state index contributed by atoms with van der Waals surface area (Å²) in [6.45, 7) is 0.712. The van der Waals surface area contributed by atoms with Crippen molar-refractivity contribution in [2.45, 2.75) is 12.8 Å². The molecule has 0 saturated carbocycles. The van der Waals surface area contributed by atoms with E-state index in [2.05, 4.69) is 15.5 Å². The Balaban J connectivity index is 2.21. The average molecular weight is 202 g/mol. The Morgan fingerprint density at radius 2 is 2.20 bits per heavy atom. The van der Waals surface area contributed by atoms with Crippen LogP contribution < -0.4 is 4.74 Å². The molecule has 1 aromatic carbocycles. The lowest BCUT2D eigenvalue weighted by Gasteiger charge is -2.14. The molecule has 0 N–H and O–H groups in total. The fourth-order valence-corrected chi connectivity index (χ4v) is 1.72. The van der Waals surface area contributed by atoms with Crippen LogP contribution in [0.4, 0.5) is 0 Å². The average Bonchev–Trinajstić information content (AvgIpc) is 2.69. The third-order valence-corrected chi connectivity index (χ3v) is 2.43. The molecule has 0 radical (unpaired) electrons. The number of hydrogen-bond donors (Lipinski definition) is 0. The van der Waals surface area contributed by atoms with E-state index in [4.69, 9.17) is 4.74 Å². The number of hydrogen-bond acceptors (Lipinski definition) is 4. The number of para-hydroxylation sites is 2. The standard InChI is InChI=1S/C10H10N4O/c1-2-5-9-8(4-1)14-10(11-12-13-14)6-3-7-15-9/h1-2,4-5H,3,6-7H2. The molecule has 3 rings (SSSR count). The van der Waals surface area contributed by atoms with E-state index in [0.717, 1.165) is 30.1 Å². The van der Waals surface area contributed by atoms with Gasteiger partial charge in [-0.2, -0.15) is 4.68 Å². The highest BCUT2D eigenvalue weighted by atomic mass is 16.5. The van der Waals surface area contributed by atoms with Gasteiger partial charge in [0.25, 0.3) is 0 Å². The normalized spacial score (nSPS) is 14.4. The second kappa shape index (κ2) is 3.34. The van der Waals surface area contributed by atoms with Crippen molar-refractivity contribution >= 4 is 0 Å². The van der Waals surface area contributed by atoms with Crippen molar-refractivity contribution in [3.8, 4) is 11.4 Å². The van der Waals surface area contributed by atoms with Gasteiger partial charge in [0.1, 0.15) is 11.4 Å². The number of aromatic nitrogens is 4. The topological polar surface area (TPSA) is 52.8 Å². The van der Waals surface area contributed by atoms with E-state index in [1.54, 1.807) is 4.68 Å². The Bertz CT molecular complexity index is 480. The fourth-order valence-electron chi connectivity index (χ4n) is 1.72. The lowest BCUT2D eigenvalue weighted by Crippen LogP contribution is -2.11. The van der Waals surface area contributed by atoms with Crippen molar-refractivity contribution < 1.29 is 4.74 Å². The molecule has 0 unspecified atom stereocenters. The third kappa shape index (κ3) is 1.36. The zero-order chi connectivity index (χ0) is 10.1. The van der Waals surface area contributed by atoms with Crippen molar-refractivity contribution in [2.75, 3.05) is 6.61 Å². The molecule has 0 fully saturated rings. The molecule has 1 aromatic heterocycles. The first-order valence-corrected chi connectivity index (χ1v) is 4.94. The van der Waals surface area contributed by atoms with Gasteiger partial charge in [-0.25, -0.2) is 0 Å². The molecule has 0 atom stereocenters. The van der Waals surface area contributed by atoms with Crippen LogP contribution in [0.25, 0.3) is 5.69 Å². The molecule has 0 bridgehead atoms. The van der Waals surface area contributed by atoms with Crippen LogP contribution in [0.15, 0.2) is 24.3 Å². The first-order valence-electron chi connectivity index (χ1n) is 4.94. The molecular formula is C10H10N4O. The smallest absolute Gasteiger partial charge is 0.156 e. The van der Waals surface area contributed by atoms with Gasteiger partial charge in [0.15, 0.2) is 5.82 Å². The van der Waals surface area contributed by atoms with Crippen LogP contribution in [0.1, 0.15) is 12.2 Å². The van der Waals surface area contributed by atoms with Gasteiger partial charge in [0.2, 0.25) is 0 Å². The van der Waals surface area contributed by atoms with Crippen LogP contribution in [0.3, 0.4) is 0 Å². The largest absolute Gasteiger partial charge is 0.491 e. The Morgan fingerprint density at radius 1 is 1.27 bits per heavy atom. The molecular weight excluding hydrogens is 192 g/mol. The van der Waals surface area contributed by atoms with E-state index < -0.39 is 0 Å². The van der Waals surface area contributed by atoms with E-state index >= 15 is 0 Å². The summed E-state index contributed by atoms with van der Waals surface area (Å²) in [6.07, 6.45) is 1.79. The molecule has 0 spiro atoms. The summed E-state index contributed by atoms with van der Waals surface area (Å²) in [6, 6.07) is 7.80. The monoisotopic (exact) mass is 202 g/mol. The summed E-state index contributed by atoms with van der Waals surface area (Å²) < 4.78 is 7.38. The quantitative estimate of drug-likeness (QED) is 0.639. The minimum Gasteiger partial charge on any atom is -0.491 e. The second-order valence-electron chi connectivity index (χ2n) is 3.43. The minimum absolute atomic E-state index is 0.712. The predicted molar refractivity (Wildman–Crippen MR) is 53.0 cm³/mol. The SMILES string of the molecule is c1ccc2c(c1)OCCCc1nnnn1-2. The zero-order valence-corrected chi connectivity index (χ0v) is 8.13. The van der Waals surface area contributed by atoms with E-state index in [9.17, 15) is 0 Å². The molecule has 2 aromatic rings. The second-order valence-corrected chi connectivity index (χ2v) is 3.43. The lowest BCUT2D eigenvalue weighted by molar-refractivity contribution is 0.302. The van der Waals surface area contributed by atoms with Crippen LogP contribution in [-0.4, -0.2) is 26.8 Å². The van der Waals surface area contributed by atoms with Crippen molar-refractivity contribution in [1.82, 2.24) is 20.2 Å². The van der Waals surface area contributed by atoms with Gasteiger partial charge in [-0.3, -0.25) is 0 Å². The number of tetrazole rings is 1. The number of benzene rings is 1. The summed E-state index contributed by atoms with van der Waals surface area (Å²) in [5, 5.41) is 11.7. The highest BCUT2D eigenvalue weighted by Gasteiger charge is 2.14. The van der Waals surface area contributed by atoms with Gasteiger partial charge >= 0.3 is 0 Å². The Morgan fingerprint density at radius 3 is 3.20 bits per heavy atom. The number of nitrogens with zero attached hydrogens (tertiary/aromatic N) is 4. The maximum Gasteiger partial charge on any atom is 0.156 e. The van der Waals surface area contributed by atoms with E-state index in [-0.39, 0.29) is 0 Å². The van der Waals surface area contributed by atoms with Gasteiger partial charge in [0.05, 0.1) is 6.61 Å². The van der Waals surface area contributed by atoms with Crippen LogP contribution in [0.2, 0.25) is 0 Å². The number of ether oxygens (including phenoxy) is 1. The molecule has 5 heteroatoms. The Labute approximate surface area is 86.7 Å². The van der Waals surface area contributed by atoms with Crippen molar-refractivity contribution in [3.05, 3.63) is 30.1 Å². The van der Waals surface area contributed by atoms with Crippen LogP contribution in [0.5, 0.6) is 5.75 Å². The van der Waals surface area contributed by atoms with Crippen molar-refractivity contribution in [3.63, 3.8) is 0 Å². The molecule has 1 aliphatic heterocycles. The molecule has 0 saturated heterocycles. The highest BCUT2D eigenvalue weighted by molar-refractivity contribution is 5.46. The summed E-state index contributed by atoms with van der Waals surface area (Å²) in [5.41, 5.74) is 0.914. The maximum atomic E-state index is 5.64. The molecule has 1 aliphatic rings. The van der Waals surface area contributed by atoms with Gasteiger partial charge in [-0.15, -0.1) is 5.10 Å². The summed E-state index contributed by atoms with van der Waals surface area (Å²) >= 11 is 0. The molecule has 76 valence electrons. The number of rotatable bonds is 0. The lowest BCUT2D eigenvalue weighted by atomic mass is 10.2. The summed E-state index contributed by atoms with van der Waals surface area (Å²) in [4.78, 5) is 0. The van der Waals surface area contributed by atoms with E-state index in [0.29, 0.717) is 6.61 Å². The fraction of sp³-hybridized carbons (Fsp3) is 0.300. The van der Waals surface area contributed by atoms with Gasteiger partial charge in [-0.05, 0) is 29.0 Å². The third-order valence-electron chi connectivity index (χ3n) is 2.43. The van der Waals surface area contributed by atoms with Gasteiger partial charge in [0, 0.05) is 6.42 Å². The highest BCUT2D eigenvalue weighted by Crippen LogP contribution is 2.24. The summed E-state index contributed by atoms with van der Waals surface area (Å²) in [5.74, 6) is 1.73. The van der Waals surface area contributed by atoms with Crippen LogP contribution >= 0.6 is 0 Å². The molecule has 15 heavy (non-hydrogen) atoms. The maximum absolute atomic E-state index is 5.64. The minimum atomic E-state index is 0.712.